The molecule has 1 aromatic heterocycles. The van der Waals surface area contributed by atoms with Crippen LogP contribution in [0.15, 0.2) is 34.9 Å². The Morgan fingerprint density at radius 1 is 1.26 bits per heavy atom. The van der Waals surface area contributed by atoms with Crippen LogP contribution >= 0.6 is 0 Å². The van der Waals surface area contributed by atoms with E-state index in [1.165, 1.54) is 6.08 Å². The molecule has 120 valence electrons. The number of aryl methyl sites for hydroxylation is 2. The molecule has 0 saturated carbocycles. The van der Waals surface area contributed by atoms with Gasteiger partial charge >= 0.3 is 5.97 Å². The van der Waals surface area contributed by atoms with Gasteiger partial charge in [0.1, 0.15) is 11.3 Å². The molecule has 0 aliphatic rings. The van der Waals surface area contributed by atoms with E-state index in [-0.39, 0.29) is 11.9 Å². The summed E-state index contributed by atoms with van der Waals surface area (Å²) >= 11 is 0. The molecule has 0 bridgehead atoms. The van der Waals surface area contributed by atoms with Gasteiger partial charge in [-0.1, -0.05) is 17.3 Å². The summed E-state index contributed by atoms with van der Waals surface area (Å²) < 4.78 is 9.79. The largest absolute Gasteiger partial charge is 0.463 e. The first-order valence-electron chi connectivity index (χ1n) is 7.20. The molecule has 1 N–H and O–H groups in total. The predicted molar refractivity (Wildman–Crippen MR) is 86.0 cm³/mol. The monoisotopic (exact) mass is 314 g/mol. The fourth-order valence-corrected chi connectivity index (χ4v) is 2.03. The zero-order valence-electron chi connectivity index (χ0n) is 13.3. The van der Waals surface area contributed by atoms with Gasteiger partial charge in [0.05, 0.1) is 12.3 Å². The van der Waals surface area contributed by atoms with Gasteiger partial charge in [-0.15, -0.1) is 0 Å². The van der Waals surface area contributed by atoms with E-state index >= 15 is 0 Å². The van der Waals surface area contributed by atoms with Crippen molar-refractivity contribution in [1.82, 2.24) is 5.16 Å². The number of anilines is 1. The van der Waals surface area contributed by atoms with Gasteiger partial charge in [-0.2, -0.15) is 0 Å². The number of benzene rings is 1. The van der Waals surface area contributed by atoms with Crippen LogP contribution in [0.1, 0.15) is 34.3 Å². The number of amides is 1. The van der Waals surface area contributed by atoms with Gasteiger partial charge in [0.25, 0.3) is 5.91 Å². The molecule has 2 rings (SSSR count). The first kappa shape index (κ1) is 16.5. The molecule has 0 radical (unpaired) electrons. The van der Waals surface area contributed by atoms with E-state index < -0.39 is 0 Å². The van der Waals surface area contributed by atoms with Crippen molar-refractivity contribution in [2.75, 3.05) is 11.9 Å². The Balaban J connectivity index is 2.03. The molecule has 23 heavy (non-hydrogen) atoms. The number of hydrogen-bond acceptors (Lipinski definition) is 5. The Hall–Kier alpha value is -2.89. The molecule has 1 aromatic carbocycles. The number of carbonyl (C=O) groups excluding carboxylic acids is 2. The number of nitrogens with one attached hydrogen (secondary N) is 1. The minimum atomic E-state index is -0.386. The SMILES string of the molecule is CCOC(=O)C=Cc1ccc(NC(=O)c2c(C)noc2C)cc1. The van der Waals surface area contributed by atoms with Crippen LogP contribution in [0.4, 0.5) is 5.69 Å². The molecule has 2 aromatic rings. The summed E-state index contributed by atoms with van der Waals surface area (Å²) in [5, 5.41) is 6.54. The molecular weight excluding hydrogens is 296 g/mol. The van der Waals surface area contributed by atoms with Gasteiger partial charge < -0.3 is 14.6 Å². The topological polar surface area (TPSA) is 81.4 Å². The van der Waals surface area contributed by atoms with Crippen LogP contribution in [-0.2, 0) is 9.53 Å². The lowest BCUT2D eigenvalue weighted by Gasteiger charge is -2.05. The molecule has 6 heteroatoms. The number of aromatic nitrogens is 1. The Labute approximate surface area is 134 Å². The highest BCUT2D eigenvalue weighted by atomic mass is 16.5. The first-order chi connectivity index (χ1) is 11.0. The Kier molecular flexibility index (Phi) is 5.30. The minimum Gasteiger partial charge on any atom is -0.463 e. The Morgan fingerprint density at radius 2 is 1.96 bits per heavy atom. The van der Waals surface area contributed by atoms with E-state index in [1.807, 2.05) is 0 Å². The summed E-state index contributed by atoms with van der Waals surface area (Å²) in [7, 11) is 0. The van der Waals surface area contributed by atoms with Gasteiger partial charge in [0, 0.05) is 11.8 Å². The molecule has 1 amide bonds. The van der Waals surface area contributed by atoms with Crippen LogP contribution in [0, 0.1) is 13.8 Å². The average Bonchev–Trinajstić information content (AvgIpc) is 2.86. The number of nitrogens with zero attached hydrogens (tertiary/aromatic N) is 1. The van der Waals surface area contributed by atoms with Gasteiger partial charge in [0.15, 0.2) is 0 Å². The second-order valence-corrected chi connectivity index (χ2v) is 4.86. The van der Waals surface area contributed by atoms with Crippen molar-refractivity contribution < 1.29 is 18.8 Å². The van der Waals surface area contributed by atoms with Crippen molar-refractivity contribution in [2.24, 2.45) is 0 Å². The van der Waals surface area contributed by atoms with Gasteiger partial charge in [-0.25, -0.2) is 4.79 Å². The third kappa shape index (κ3) is 4.29. The highest BCUT2D eigenvalue weighted by Gasteiger charge is 2.17. The lowest BCUT2D eigenvalue weighted by Crippen LogP contribution is -2.13. The van der Waals surface area contributed by atoms with E-state index in [9.17, 15) is 9.59 Å². The lowest BCUT2D eigenvalue weighted by atomic mass is 10.1. The molecule has 0 fully saturated rings. The lowest BCUT2D eigenvalue weighted by molar-refractivity contribution is -0.137. The standard InChI is InChI=1S/C17H18N2O4/c1-4-22-15(20)10-7-13-5-8-14(9-6-13)18-17(21)16-11(2)19-23-12(16)3/h5-10H,4H2,1-3H3,(H,18,21). The molecule has 0 unspecified atom stereocenters. The Morgan fingerprint density at radius 3 is 2.52 bits per heavy atom. The van der Waals surface area contributed by atoms with Crippen LogP contribution < -0.4 is 5.32 Å². The summed E-state index contributed by atoms with van der Waals surface area (Å²) in [5.41, 5.74) is 2.46. The van der Waals surface area contributed by atoms with Crippen LogP contribution in [0.2, 0.25) is 0 Å². The fourth-order valence-electron chi connectivity index (χ4n) is 2.03. The quantitative estimate of drug-likeness (QED) is 0.677. The van der Waals surface area contributed by atoms with E-state index in [0.29, 0.717) is 29.3 Å². The first-order valence-corrected chi connectivity index (χ1v) is 7.20. The highest BCUT2D eigenvalue weighted by Crippen LogP contribution is 2.16. The van der Waals surface area contributed by atoms with Crippen molar-refractivity contribution in [3.63, 3.8) is 0 Å². The van der Waals surface area contributed by atoms with E-state index in [4.69, 9.17) is 9.26 Å². The summed E-state index contributed by atoms with van der Waals surface area (Å²) in [6.07, 6.45) is 3.01. The maximum Gasteiger partial charge on any atom is 0.330 e. The fraction of sp³-hybridized carbons (Fsp3) is 0.235. The zero-order chi connectivity index (χ0) is 16.8. The third-order valence-electron chi connectivity index (χ3n) is 3.13. The molecule has 1 heterocycles. The average molecular weight is 314 g/mol. The summed E-state index contributed by atoms with van der Waals surface area (Å²) in [6.45, 7) is 5.50. The number of rotatable bonds is 5. The Bertz CT molecular complexity index is 710. The second kappa shape index (κ2) is 7.40. The number of carbonyl (C=O) groups is 2. The molecule has 0 atom stereocenters. The van der Waals surface area contributed by atoms with Gasteiger partial charge in [-0.3, -0.25) is 4.79 Å². The number of hydrogen-bond donors (Lipinski definition) is 1. The summed E-state index contributed by atoms with van der Waals surface area (Å²) in [4.78, 5) is 23.4. The third-order valence-corrected chi connectivity index (χ3v) is 3.13. The zero-order valence-corrected chi connectivity index (χ0v) is 13.3. The van der Waals surface area contributed by atoms with E-state index in [1.54, 1.807) is 51.1 Å². The van der Waals surface area contributed by atoms with Gasteiger partial charge in [-0.05, 0) is 44.5 Å². The maximum absolute atomic E-state index is 12.2. The van der Waals surface area contributed by atoms with Crippen molar-refractivity contribution >= 4 is 23.6 Å². The molecule has 0 aliphatic heterocycles. The molecule has 0 saturated heterocycles. The normalized spacial score (nSPS) is 10.7. The molecule has 0 aliphatic carbocycles. The highest BCUT2D eigenvalue weighted by molar-refractivity contribution is 6.05. The van der Waals surface area contributed by atoms with E-state index in [2.05, 4.69) is 10.5 Å². The predicted octanol–water partition coefficient (Wildman–Crippen LogP) is 3.12. The number of esters is 1. The smallest absolute Gasteiger partial charge is 0.330 e. The summed E-state index contributed by atoms with van der Waals surface area (Å²) in [5.74, 6) is -0.173. The van der Waals surface area contributed by atoms with E-state index in [0.717, 1.165) is 5.56 Å². The van der Waals surface area contributed by atoms with Gasteiger partial charge in [0.2, 0.25) is 0 Å². The molecule has 6 nitrogen and oxygen atoms in total. The molecule has 0 spiro atoms. The molecular formula is C17H18N2O4. The van der Waals surface area contributed by atoms with Crippen LogP contribution in [-0.4, -0.2) is 23.6 Å². The second-order valence-electron chi connectivity index (χ2n) is 4.86. The van der Waals surface area contributed by atoms with Crippen molar-refractivity contribution in [3.05, 3.63) is 52.9 Å². The van der Waals surface area contributed by atoms with Crippen LogP contribution in [0.3, 0.4) is 0 Å². The number of ether oxygens (including phenoxy) is 1. The van der Waals surface area contributed by atoms with Crippen molar-refractivity contribution in [3.8, 4) is 0 Å². The summed E-state index contributed by atoms with van der Waals surface area (Å²) in [6, 6.07) is 7.08. The van der Waals surface area contributed by atoms with Crippen molar-refractivity contribution in [2.45, 2.75) is 20.8 Å². The maximum atomic E-state index is 12.2. The van der Waals surface area contributed by atoms with Crippen LogP contribution in [0.25, 0.3) is 6.08 Å². The van der Waals surface area contributed by atoms with Crippen LogP contribution in [0.5, 0.6) is 0 Å². The minimum absolute atomic E-state index is 0.268. The van der Waals surface area contributed by atoms with Crippen molar-refractivity contribution in [1.29, 1.82) is 0 Å².